The molecule has 0 aliphatic rings. The minimum absolute atomic E-state index is 0. The molecule has 4 heterocycles. The minimum atomic E-state index is -2.09. The Morgan fingerprint density at radius 3 is 2.31 bits per heavy atom. The molecule has 10 rings (SSSR count). The number of rotatable bonds is 3. The Bertz CT molecular complexity index is 2940. The quantitative estimate of drug-likeness (QED) is 0.131. The number of nitrogens with zero attached hydrogens (tertiary/aromatic N) is 4. The van der Waals surface area contributed by atoms with Crippen LogP contribution in [0.3, 0.4) is 0 Å². The first-order valence-corrected chi connectivity index (χ1v) is 16.4. The number of para-hydroxylation sites is 1. The van der Waals surface area contributed by atoms with E-state index in [1.165, 1.54) is 17.0 Å². The van der Waals surface area contributed by atoms with E-state index in [-0.39, 0.29) is 25.7 Å². The predicted octanol–water partition coefficient (Wildman–Crippen LogP) is 11.3. The summed E-state index contributed by atoms with van der Waals surface area (Å²) >= 11 is 0. The monoisotopic (exact) mass is 838 g/mol. The number of fused-ring (bicyclic) bond motifs is 8. The van der Waals surface area contributed by atoms with Crippen LogP contribution in [0.5, 0.6) is 0 Å². The molecule has 6 heteroatoms. The molecule has 6 aromatic carbocycles. The average molecular weight is 838 g/mol. The van der Waals surface area contributed by atoms with Crippen molar-refractivity contribution in [3.63, 3.8) is 0 Å². The van der Waals surface area contributed by atoms with E-state index in [2.05, 4.69) is 95.3 Å². The van der Waals surface area contributed by atoms with Crippen LogP contribution in [-0.2, 0) is 20.1 Å². The predicted molar refractivity (Wildman–Crippen MR) is 203 cm³/mol. The number of imidazole rings is 1. The summed E-state index contributed by atoms with van der Waals surface area (Å²) in [7, 11) is 0. The largest absolute Gasteiger partial charge is 0.500 e. The number of aryl methyl sites for hydroxylation is 2. The first kappa shape index (κ1) is 28.9. The van der Waals surface area contributed by atoms with Gasteiger partial charge in [0, 0.05) is 53.1 Å². The molecule has 0 unspecified atom stereocenters. The summed E-state index contributed by atoms with van der Waals surface area (Å²) in [4.78, 5) is 13.9. The van der Waals surface area contributed by atoms with Gasteiger partial charge in [-0.15, -0.1) is 54.1 Å². The molecule has 0 saturated carbocycles. The van der Waals surface area contributed by atoms with E-state index in [0.29, 0.717) is 0 Å². The zero-order valence-electron chi connectivity index (χ0n) is 30.4. The van der Waals surface area contributed by atoms with Crippen LogP contribution >= 0.6 is 0 Å². The van der Waals surface area contributed by atoms with Gasteiger partial charge in [0.25, 0.3) is 0 Å². The minimum Gasteiger partial charge on any atom is -0.500 e. The van der Waals surface area contributed by atoms with Crippen molar-refractivity contribution in [2.75, 3.05) is 0 Å². The number of aromatic nitrogens is 4. The molecule has 0 amide bonds. The van der Waals surface area contributed by atoms with Crippen LogP contribution in [0, 0.1) is 25.9 Å². The Balaban J connectivity index is 0.000000206. The molecule has 0 saturated heterocycles. The third-order valence-corrected chi connectivity index (χ3v) is 9.04. The van der Waals surface area contributed by atoms with Gasteiger partial charge in [0.1, 0.15) is 5.58 Å². The van der Waals surface area contributed by atoms with Crippen LogP contribution in [0.2, 0.25) is 0 Å². The average Bonchev–Trinajstić information content (AvgIpc) is 3.78. The van der Waals surface area contributed by atoms with E-state index in [1.54, 1.807) is 18.2 Å². The van der Waals surface area contributed by atoms with Gasteiger partial charge >= 0.3 is 0 Å². The molecule has 0 atom stereocenters. The van der Waals surface area contributed by atoms with Crippen molar-refractivity contribution >= 4 is 54.6 Å². The van der Waals surface area contributed by atoms with Gasteiger partial charge < -0.3 is 14.0 Å². The van der Waals surface area contributed by atoms with Gasteiger partial charge in [-0.2, -0.15) is 0 Å². The van der Waals surface area contributed by atoms with Crippen molar-refractivity contribution < 1.29 is 28.6 Å². The maximum absolute atomic E-state index is 7.23. The Morgan fingerprint density at radius 1 is 0.686 bits per heavy atom. The SMILES string of the molecule is Cc1ccnc2c1nc(-c1[c-]ccc3c1oc1c3ccc3ccc4ccccc4c31)n2-c1ccccc1.[2H]C([2H])([2H])c1ccc(-c2[c-]cccc2)nc1.[Ir]. The number of pyridine rings is 2. The van der Waals surface area contributed by atoms with E-state index in [4.69, 9.17) is 18.5 Å². The molecular formula is C45H30IrN4O-2. The third-order valence-electron chi connectivity index (χ3n) is 9.04. The summed E-state index contributed by atoms with van der Waals surface area (Å²) in [6, 6.07) is 50.7. The summed E-state index contributed by atoms with van der Waals surface area (Å²) in [6.07, 6.45) is 3.23. The van der Waals surface area contributed by atoms with Gasteiger partial charge in [-0.25, -0.2) is 4.98 Å². The Hall–Kier alpha value is -5.94. The van der Waals surface area contributed by atoms with Gasteiger partial charge in [0.05, 0.1) is 16.9 Å². The fourth-order valence-corrected chi connectivity index (χ4v) is 6.64. The van der Waals surface area contributed by atoms with E-state index in [1.807, 2.05) is 54.7 Å². The maximum atomic E-state index is 7.23. The molecule has 10 aromatic rings. The Labute approximate surface area is 312 Å². The van der Waals surface area contributed by atoms with Gasteiger partial charge in [0.15, 0.2) is 5.65 Å². The first-order chi connectivity index (χ1) is 25.8. The van der Waals surface area contributed by atoms with Crippen LogP contribution in [-0.4, -0.2) is 19.5 Å². The van der Waals surface area contributed by atoms with Crippen LogP contribution in [0.15, 0.2) is 150 Å². The zero-order chi connectivity index (χ0) is 36.1. The van der Waals surface area contributed by atoms with Gasteiger partial charge in [-0.3, -0.25) is 4.98 Å². The molecule has 1 radical (unpaired) electrons. The fourth-order valence-electron chi connectivity index (χ4n) is 6.64. The summed E-state index contributed by atoms with van der Waals surface area (Å²) < 4.78 is 30.6. The second-order valence-electron chi connectivity index (χ2n) is 12.1. The third kappa shape index (κ3) is 5.69. The van der Waals surface area contributed by atoms with Crippen molar-refractivity contribution in [1.29, 1.82) is 0 Å². The van der Waals surface area contributed by atoms with Crippen LogP contribution < -0.4 is 0 Å². The van der Waals surface area contributed by atoms with Crippen molar-refractivity contribution in [1.82, 2.24) is 19.5 Å². The van der Waals surface area contributed by atoms with E-state index >= 15 is 0 Å². The number of benzene rings is 6. The van der Waals surface area contributed by atoms with Crippen molar-refractivity contribution in [3.8, 4) is 28.3 Å². The van der Waals surface area contributed by atoms with Crippen LogP contribution in [0.4, 0.5) is 0 Å². The molecule has 5 nitrogen and oxygen atoms in total. The molecule has 247 valence electrons. The second kappa shape index (κ2) is 13.4. The van der Waals surface area contributed by atoms with Crippen molar-refractivity contribution in [2.45, 2.75) is 13.8 Å². The standard InChI is InChI=1S/C33H20N3O.C12H10N.Ir/c1-20-18-19-34-33-29(20)35-32(36(33)23-9-3-2-4-10-23)27-13-7-12-25-26-17-16-22-15-14-21-8-5-6-11-24(21)28(22)31(26)37-30(25)27;1-10-7-8-12(13-9-10)11-5-3-2-4-6-11;/h2-12,14-19H,1H3;2-5,7-9H,1H3;/q2*-1;/i;1D3;. The maximum Gasteiger partial charge on any atom is 0.155 e. The molecule has 4 aromatic heterocycles. The Morgan fingerprint density at radius 2 is 1.49 bits per heavy atom. The number of furan rings is 1. The number of hydrogen-bond donors (Lipinski definition) is 0. The van der Waals surface area contributed by atoms with Gasteiger partial charge in [-0.05, 0) is 65.0 Å². The summed E-state index contributed by atoms with van der Waals surface area (Å²) in [6.45, 7) is -0.0230. The summed E-state index contributed by atoms with van der Waals surface area (Å²) in [5.74, 6) is 0.766. The molecule has 0 bridgehead atoms. The van der Waals surface area contributed by atoms with Crippen molar-refractivity contribution in [2.24, 2.45) is 0 Å². The summed E-state index contributed by atoms with van der Waals surface area (Å²) in [5.41, 5.74) is 8.11. The van der Waals surface area contributed by atoms with E-state index < -0.39 is 6.85 Å². The van der Waals surface area contributed by atoms with Gasteiger partial charge in [-0.1, -0.05) is 89.8 Å². The molecule has 0 spiro atoms. The molecule has 0 fully saturated rings. The van der Waals surface area contributed by atoms with E-state index in [0.717, 1.165) is 77.8 Å². The Kier molecular flexibility index (Phi) is 7.58. The van der Waals surface area contributed by atoms with E-state index in [9.17, 15) is 0 Å². The summed E-state index contributed by atoms with van der Waals surface area (Å²) in [5, 5.41) is 6.81. The van der Waals surface area contributed by atoms with Crippen molar-refractivity contribution in [3.05, 3.63) is 169 Å². The van der Waals surface area contributed by atoms with Crippen LogP contribution in [0.25, 0.3) is 83.0 Å². The second-order valence-corrected chi connectivity index (χ2v) is 12.1. The molecule has 0 aliphatic carbocycles. The number of hydrogen-bond acceptors (Lipinski definition) is 4. The topological polar surface area (TPSA) is 56.7 Å². The van der Waals surface area contributed by atoms with Crippen LogP contribution in [0.1, 0.15) is 15.2 Å². The van der Waals surface area contributed by atoms with Gasteiger partial charge in [0.2, 0.25) is 0 Å². The molecule has 51 heavy (non-hydrogen) atoms. The smallest absolute Gasteiger partial charge is 0.155 e. The molecule has 0 aliphatic heterocycles. The molecular weight excluding hydrogens is 805 g/mol. The normalized spacial score (nSPS) is 12.3. The zero-order valence-corrected chi connectivity index (χ0v) is 29.8. The first-order valence-electron chi connectivity index (χ1n) is 17.9. The molecule has 0 N–H and O–H groups in total. The fraction of sp³-hybridized carbons (Fsp3) is 0.0444.